The maximum absolute atomic E-state index is 12.4. The quantitative estimate of drug-likeness (QED) is 0.0158. The van der Waals surface area contributed by atoms with Crippen LogP contribution >= 0.6 is 7.82 Å². The van der Waals surface area contributed by atoms with Crippen molar-refractivity contribution in [2.45, 2.75) is 155 Å². The summed E-state index contributed by atoms with van der Waals surface area (Å²) in [4.78, 5) is 24.7. The van der Waals surface area contributed by atoms with Crippen LogP contribution in [0, 0.1) is 0 Å². The number of allylic oxidation sites excluding steroid dienone is 9. The number of ether oxygens (including phenoxy) is 2. The molecular formula is C42H76NO7P. The number of unbranched alkanes of at least 4 members (excludes halogenated alkanes) is 14. The molecule has 0 heterocycles. The summed E-state index contributed by atoms with van der Waals surface area (Å²) in [6, 6.07) is 0. The molecule has 0 amide bonds. The van der Waals surface area contributed by atoms with Crippen molar-refractivity contribution in [2.75, 3.05) is 47.5 Å². The summed E-state index contributed by atoms with van der Waals surface area (Å²) in [6.45, 7) is 4.53. The molecule has 0 saturated carbocycles. The number of phosphoric ester groups is 1. The molecular weight excluding hydrogens is 661 g/mol. The number of hydrogen-bond acceptors (Lipinski definition) is 7. The van der Waals surface area contributed by atoms with Crippen molar-refractivity contribution in [3.63, 3.8) is 0 Å². The monoisotopic (exact) mass is 738 g/mol. The minimum atomic E-state index is -4.52. The summed E-state index contributed by atoms with van der Waals surface area (Å²) in [6.07, 6.45) is 43.3. The smallest absolute Gasteiger partial charge is 0.305 e. The molecule has 296 valence electrons. The normalized spacial score (nSPS) is 14.5. The number of quaternary nitrogens is 1. The zero-order chi connectivity index (χ0) is 37.7. The highest BCUT2D eigenvalue weighted by Gasteiger charge is 2.19. The second-order valence-electron chi connectivity index (χ2n) is 14.3. The van der Waals surface area contributed by atoms with Gasteiger partial charge in [0.25, 0.3) is 7.82 Å². The van der Waals surface area contributed by atoms with E-state index >= 15 is 0 Å². The summed E-state index contributed by atoms with van der Waals surface area (Å²) >= 11 is 0. The zero-order valence-corrected chi connectivity index (χ0v) is 34.2. The van der Waals surface area contributed by atoms with Crippen molar-refractivity contribution >= 4 is 13.8 Å². The lowest BCUT2D eigenvalue weighted by Crippen LogP contribution is -2.37. The van der Waals surface area contributed by atoms with Crippen LogP contribution < -0.4 is 4.89 Å². The van der Waals surface area contributed by atoms with Crippen LogP contribution in [-0.4, -0.2) is 64.1 Å². The van der Waals surface area contributed by atoms with E-state index in [2.05, 4.69) is 62.5 Å². The van der Waals surface area contributed by atoms with E-state index in [0.29, 0.717) is 23.9 Å². The van der Waals surface area contributed by atoms with Crippen LogP contribution in [0.3, 0.4) is 0 Å². The van der Waals surface area contributed by atoms with Crippen LogP contribution in [0.15, 0.2) is 60.9 Å². The van der Waals surface area contributed by atoms with Crippen molar-refractivity contribution < 1.29 is 37.3 Å². The highest BCUT2D eigenvalue weighted by Crippen LogP contribution is 2.38. The molecule has 0 N–H and O–H groups in total. The maximum Gasteiger partial charge on any atom is 0.305 e. The van der Waals surface area contributed by atoms with Gasteiger partial charge >= 0.3 is 5.97 Å². The molecule has 8 nitrogen and oxygen atoms in total. The Morgan fingerprint density at radius 1 is 0.647 bits per heavy atom. The first-order valence-corrected chi connectivity index (χ1v) is 21.5. The van der Waals surface area contributed by atoms with E-state index in [9.17, 15) is 14.3 Å². The van der Waals surface area contributed by atoms with Gasteiger partial charge in [-0.1, -0.05) is 133 Å². The molecule has 0 aliphatic heterocycles. The molecule has 51 heavy (non-hydrogen) atoms. The van der Waals surface area contributed by atoms with E-state index in [1.807, 2.05) is 27.2 Å². The molecule has 2 atom stereocenters. The van der Waals surface area contributed by atoms with Gasteiger partial charge in [0, 0.05) is 6.42 Å². The van der Waals surface area contributed by atoms with E-state index in [1.54, 1.807) is 6.26 Å². The highest BCUT2D eigenvalue weighted by atomic mass is 31.2. The van der Waals surface area contributed by atoms with Gasteiger partial charge in [-0.3, -0.25) is 9.36 Å². The van der Waals surface area contributed by atoms with Gasteiger partial charge in [0.15, 0.2) is 6.10 Å². The van der Waals surface area contributed by atoms with Crippen molar-refractivity contribution in [1.82, 2.24) is 0 Å². The van der Waals surface area contributed by atoms with Gasteiger partial charge in [-0.05, 0) is 63.9 Å². The largest absolute Gasteiger partial charge is 0.756 e. The summed E-state index contributed by atoms with van der Waals surface area (Å²) in [5.74, 6) is -0.335. The molecule has 0 aliphatic carbocycles. The topological polar surface area (TPSA) is 94.1 Å². The first-order chi connectivity index (χ1) is 24.6. The van der Waals surface area contributed by atoms with Gasteiger partial charge in [0.05, 0.1) is 34.0 Å². The van der Waals surface area contributed by atoms with Crippen LogP contribution in [0.1, 0.15) is 149 Å². The third kappa shape index (κ3) is 39.1. The van der Waals surface area contributed by atoms with Crippen LogP contribution in [0.4, 0.5) is 0 Å². The maximum atomic E-state index is 12.4. The van der Waals surface area contributed by atoms with Crippen LogP contribution in [-0.2, 0) is 27.9 Å². The van der Waals surface area contributed by atoms with Crippen LogP contribution in [0.25, 0.3) is 0 Å². The minimum absolute atomic E-state index is 0.0185. The number of phosphoric acid groups is 1. The van der Waals surface area contributed by atoms with Crippen molar-refractivity contribution in [3.8, 4) is 0 Å². The molecule has 0 aliphatic rings. The van der Waals surface area contributed by atoms with E-state index in [4.69, 9.17) is 18.5 Å². The third-order valence-corrected chi connectivity index (χ3v) is 9.14. The van der Waals surface area contributed by atoms with E-state index in [-0.39, 0.29) is 25.8 Å². The molecule has 0 bridgehead atoms. The Labute approximate surface area is 313 Å². The van der Waals surface area contributed by atoms with Crippen molar-refractivity contribution in [2.24, 2.45) is 0 Å². The number of hydrogen-bond donors (Lipinski definition) is 0. The number of nitrogens with zero attached hydrogens (tertiary/aromatic N) is 1. The first-order valence-electron chi connectivity index (χ1n) is 20.1. The number of carbonyl (C=O) groups excluding carboxylic acids is 1. The molecule has 0 aromatic carbocycles. The lowest BCUT2D eigenvalue weighted by atomic mass is 10.0. The second kappa shape index (κ2) is 35.1. The standard InChI is InChI=1S/C42H76NO7P/c1-6-8-10-12-14-16-18-20-22-23-25-27-29-31-33-35-42(44)48-39-41(40-50-51(45,46)49-38-36-43(3,4)5)47-37-34-32-30-28-26-24-21-19-17-15-13-11-9-7-2/h8,10,14,16,20,22,25,27,34,37,41H,6-7,9,11-13,15,17-19,21,23-24,26,28-33,35-36,38-40H2,1-5H3/b10-8-,16-14-,22-20-,27-25-,37-34-. The lowest BCUT2D eigenvalue weighted by Gasteiger charge is -2.28. The van der Waals surface area contributed by atoms with Gasteiger partial charge in [-0.2, -0.15) is 0 Å². The average molecular weight is 738 g/mol. The molecule has 0 aromatic rings. The van der Waals surface area contributed by atoms with Gasteiger partial charge in [0.1, 0.15) is 19.8 Å². The summed E-state index contributed by atoms with van der Waals surface area (Å²) < 4.78 is 34.2. The fraction of sp³-hybridized carbons (Fsp3) is 0.738. The second-order valence-corrected chi connectivity index (χ2v) is 15.7. The van der Waals surface area contributed by atoms with Crippen LogP contribution in [0.2, 0.25) is 0 Å². The van der Waals surface area contributed by atoms with E-state index < -0.39 is 13.9 Å². The Hall–Kier alpha value is -1.96. The predicted octanol–water partition coefficient (Wildman–Crippen LogP) is 11.1. The fourth-order valence-electron chi connectivity index (χ4n) is 4.99. The summed E-state index contributed by atoms with van der Waals surface area (Å²) in [5, 5.41) is 0. The van der Waals surface area contributed by atoms with Crippen molar-refractivity contribution in [3.05, 3.63) is 60.9 Å². The molecule has 0 saturated heterocycles. The highest BCUT2D eigenvalue weighted by molar-refractivity contribution is 7.45. The number of esters is 1. The Morgan fingerprint density at radius 3 is 1.73 bits per heavy atom. The minimum Gasteiger partial charge on any atom is -0.756 e. The fourth-order valence-corrected chi connectivity index (χ4v) is 5.72. The third-order valence-electron chi connectivity index (χ3n) is 8.17. The van der Waals surface area contributed by atoms with Gasteiger partial charge in [-0.25, -0.2) is 0 Å². The van der Waals surface area contributed by atoms with Gasteiger partial charge in [-0.15, -0.1) is 0 Å². The Bertz CT molecular complexity index is 1000. The summed E-state index contributed by atoms with van der Waals surface area (Å²) in [5.41, 5.74) is 0. The lowest BCUT2D eigenvalue weighted by molar-refractivity contribution is -0.870. The average Bonchev–Trinajstić information content (AvgIpc) is 3.08. The number of carbonyl (C=O) groups is 1. The molecule has 9 heteroatoms. The molecule has 0 spiro atoms. The molecule has 2 unspecified atom stereocenters. The summed E-state index contributed by atoms with van der Waals surface area (Å²) in [7, 11) is 1.33. The zero-order valence-electron chi connectivity index (χ0n) is 33.3. The number of likely N-dealkylation sites (N-methyl/N-ethyl adjacent to an activating group) is 1. The number of rotatable bonds is 36. The Balaban J connectivity index is 4.41. The first kappa shape index (κ1) is 49.0. The predicted molar refractivity (Wildman–Crippen MR) is 212 cm³/mol. The molecule has 0 radical (unpaired) electrons. The molecule has 0 rings (SSSR count). The SMILES string of the molecule is CC/C=C\C/C=C\C/C=C\C/C=C\CCCCC(=O)OCC(COP(=O)([O-])OCC[N+](C)(C)C)O/C=C\CCCCCCCCCCCCCC. The van der Waals surface area contributed by atoms with E-state index in [0.717, 1.165) is 51.4 Å². The van der Waals surface area contributed by atoms with Crippen molar-refractivity contribution in [1.29, 1.82) is 0 Å². The van der Waals surface area contributed by atoms with Crippen LogP contribution in [0.5, 0.6) is 0 Å². The molecule has 0 fully saturated rings. The molecule has 0 aromatic heterocycles. The Kier molecular flexibility index (Phi) is 33.7. The Morgan fingerprint density at radius 2 is 1.16 bits per heavy atom. The van der Waals surface area contributed by atoms with E-state index in [1.165, 1.54) is 70.6 Å². The van der Waals surface area contributed by atoms with Gasteiger partial charge < -0.3 is 27.9 Å². The van der Waals surface area contributed by atoms with Gasteiger partial charge in [0.2, 0.25) is 0 Å².